The largest absolute Gasteiger partial charge is 0.364 e. The number of hydrogen-bond donors (Lipinski definition) is 2. The number of fused-ring (bicyclic) bond motifs is 1. The standard InChI is InChI=1S/C15H18N6O4S/c1-19-10-11(9-12(19)14(16)22)26(24,25)17-6-4-8-21-15(23)20-7-3-2-5-13(20)18-21/h2-3,5,7,9-10,17H,4,6,8H2,1H3,(H2,16,22). The molecule has 11 heteroatoms. The van der Waals surface area contributed by atoms with E-state index in [0.717, 1.165) is 0 Å². The molecule has 0 aliphatic rings. The number of aromatic nitrogens is 4. The lowest BCUT2D eigenvalue weighted by atomic mass is 10.4. The average Bonchev–Trinajstić information content (AvgIpc) is 3.14. The molecule has 0 saturated heterocycles. The van der Waals surface area contributed by atoms with Crippen molar-refractivity contribution >= 4 is 21.6 Å². The molecule has 0 saturated carbocycles. The first-order chi connectivity index (χ1) is 12.3. The van der Waals surface area contributed by atoms with Gasteiger partial charge < -0.3 is 10.3 Å². The number of sulfonamides is 1. The van der Waals surface area contributed by atoms with E-state index in [-0.39, 0.29) is 29.4 Å². The predicted molar refractivity (Wildman–Crippen MR) is 93.2 cm³/mol. The fraction of sp³-hybridized carbons (Fsp3) is 0.267. The summed E-state index contributed by atoms with van der Waals surface area (Å²) < 4.78 is 31.0. The molecule has 0 atom stereocenters. The van der Waals surface area contributed by atoms with Crippen molar-refractivity contribution in [3.05, 3.63) is 52.8 Å². The van der Waals surface area contributed by atoms with Gasteiger partial charge in [0.25, 0.3) is 5.91 Å². The van der Waals surface area contributed by atoms with Crippen LogP contribution in [0.15, 0.2) is 46.3 Å². The molecule has 0 spiro atoms. The van der Waals surface area contributed by atoms with Crippen molar-refractivity contribution in [1.29, 1.82) is 0 Å². The number of rotatable bonds is 7. The van der Waals surface area contributed by atoms with E-state index in [1.165, 1.54) is 33.0 Å². The van der Waals surface area contributed by atoms with Crippen molar-refractivity contribution in [3.63, 3.8) is 0 Å². The summed E-state index contributed by atoms with van der Waals surface area (Å²) in [4.78, 5) is 23.3. The Hall–Kier alpha value is -2.92. The Balaban J connectivity index is 1.63. The van der Waals surface area contributed by atoms with Crippen LogP contribution in [0.1, 0.15) is 16.9 Å². The van der Waals surface area contributed by atoms with Crippen LogP contribution in [0.5, 0.6) is 0 Å². The third-order valence-electron chi connectivity index (χ3n) is 3.87. The number of nitrogens with zero attached hydrogens (tertiary/aromatic N) is 4. The van der Waals surface area contributed by atoms with Gasteiger partial charge in [-0.1, -0.05) is 6.07 Å². The summed E-state index contributed by atoms with van der Waals surface area (Å²) in [7, 11) is -2.24. The molecule has 0 bridgehead atoms. The Morgan fingerprint density at radius 2 is 2.12 bits per heavy atom. The number of nitrogens with one attached hydrogen (secondary N) is 1. The molecule has 3 aromatic rings. The van der Waals surface area contributed by atoms with Gasteiger partial charge in [-0.05, 0) is 24.6 Å². The lowest BCUT2D eigenvalue weighted by Gasteiger charge is -2.04. The molecule has 0 aliphatic heterocycles. The summed E-state index contributed by atoms with van der Waals surface area (Å²) in [5.74, 6) is -0.708. The summed E-state index contributed by atoms with van der Waals surface area (Å²) in [6.07, 6.45) is 3.31. The molecule has 0 aliphatic carbocycles. The van der Waals surface area contributed by atoms with Gasteiger partial charge in [0.15, 0.2) is 5.65 Å². The van der Waals surface area contributed by atoms with E-state index in [1.807, 2.05) is 0 Å². The van der Waals surface area contributed by atoms with Crippen LogP contribution in [-0.2, 0) is 23.6 Å². The highest BCUT2D eigenvalue weighted by Gasteiger charge is 2.19. The lowest BCUT2D eigenvalue weighted by molar-refractivity contribution is 0.0992. The van der Waals surface area contributed by atoms with Crippen LogP contribution in [0.4, 0.5) is 0 Å². The molecule has 26 heavy (non-hydrogen) atoms. The monoisotopic (exact) mass is 378 g/mol. The molecule has 0 radical (unpaired) electrons. The lowest BCUT2D eigenvalue weighted by Crippen LogP contribution is -2.27. The quantitative estimate of drug-likeness (QED) is 0.525. The minimum atomic E-state index is -3.78. The number of carbonyl (C=O) groups excluding carboxylic acids is 1. The summed E-state index contributed by atoms with van der Waals surface area (Å²) in [5, 5.41) is 4.17. The summed E-state index contributed by atoms with van der Waals surface area (Å²) in [6, 6.07) is 6.44. The Bertz CT molecular complexity index is 1120. The van der Waals surface area contributed by atoms with E-state index in [1.54, 1.807) is 24.4 Å². The molecule has 1 amide bonds. The van der Waals surface area contributed by atoms with Gasteiger partial charge in [-0.25, -0.2) is 22.6 Å². The highest BCUT2D eigenvalue weighted by molar-refractivity contribution is 7.89. The number of amides is 1. The zero-order valence-electron chi connectivity index (χ0n) is 14.0. The highest BCUT2D eigenvalue weighted by atomic mass is 32.2. The number of nitrogens with two attached hydrogens (primary N) is 1. The number of hydrogen-bond acceptors (Lipinski definition) is 5. The second-order valence-electron chi connectivity index (χ2n) is 5.72. The molecular weight excluding hydrogens is 360 g/mol. The molecule has 3 aromatic heterocycles. The van der Waals surface area contributed by atoms with E-state index in [2.05, 4.69) is 9.82 Å². The van der Waals surface area contributed by atoms with E-state index in [9.17, 15) is 18.0 Å². The molecule has 3 rings (SSSR count). The zero-order chi connectivity index (χ0) is 18.9. The maximum absolute atomic E-state index is 12.3. The van der Waals surface area contributed by atoms with Crippen LogP contribution in [-0.4, -0.2) is 39.6 Å². The second kappa shape index (κ2) is 6.77. The van der Waals surface area contributed by atoms with Crippen molar-refractivity contribution in [2.24, 2.45) is 12.8 Å². The summed E-state index contributed by atoms with van der Waals surface area (Å²) in [5.41, 5.74) is 5.53. The predicted octanol–water partition coefficient (Wildman–Crippen LogP) is -0.698. The van der Waals surface area contributed by atoms with Gasteiger partial charge in [-0.2, -0.15) is 0 Å². The third-order valence-corrected chi connectivity index (χ3v) is 5.30. The smallest absolute Gasteiger partial charge is 0.350 e. The minimum absolute atomic E-state index is 0.0429. The van der Waals surface area contributed by atoms with E-state index in [4.69, 9.17) is 5.73 Å². The zero-order valence-corrected chi connectivity index (χ0v) is 14.8. The highest BCUT2D eigenvalue weighted by Crippen LogP contribution is 2.12. The number of primary amides is 1. The number of carbonyl (C=O) groups is 1. The van der Waals surface area contributed by atoms with E-state index in [0.29, 0.717) is 12.1 Å². The fourth-order valence-electron chi connectivity index (χ4n) is 2.56. The normalized spacial score (nSPS) is 11.9. The van der Waals surface area contributed by atoms with Crippen LogP contribution in [0, 0.1) is 0 Å². The van der Waals surface area contributed by atoms with Gasteiger partial charge in [0.2, 0.25) is 10.0 Å². The molecule has 0 fully saturated rings. The van der Waals surface area contributed by atoms with Crippen LogP contribution >= 0.6 is 0 Å². The average molecular weight is 378 g/mol. The van der Waals surface area contributed by atoms with Gasteiger partial charge >= 0.3 is 5.69 Å². The Morgan fingerprint density at radius 1 is 1.35 bits per heavy atom. The van der Waals surface area contributed by atoms with Crippen molar-refractivity contribution < 1.29 is 13.2 Å². The molecule has 138 valence electrons. The van der Waals surface area contributed by atoms with Crippen LogP contribution in [0.2, 0.25) is 0 Å². The van der Waals surface area contributed by atoms with Gasteiger partial charge in [-0.3, -0.25) is 9.20 Å². The fourth-order valence-corrected chi connectivity index (χ4v) is 3.70. The van der Waals surface area contributed by atoms with Gasteiger partial charge in [0.1, 0.15) is 10.6 Å². The second-order valence-corrected chi connectivity index (χ2v) is 7.49. The van der Waals surface area contributed by atoms with Crippen molar-refractivity contribution in [2.45, 2.75) is 17.9 Å². The van der Waals surface area contributed by atoms with Crippen molar-refractivity contribution in [1.82, 2.24) is 23.5 Å². The molecule has 3 heterocycles. The van der Waals surface area contributed by atoms with E-state index >= 15 is 0 Å². The van der Waals surface area contributed by atoms with Gasteiger partial charge in [0, 0.05) is 32.5 Å². The first-order valence-electron chi connectivity index (χ1n) is 7.79. The van der Waals surface area contributed by atoms with Crippen LogP contribution < -0.4 is 16.1 Å². The first kappa shape index (κ1) is 17.9. The Morgan fingerprint density at radius 3 is 2.77 bits per heavy atom. The summed E-state index contributed by atoms with van der Waals surface area (Å²) in [6.45, 7) is 0.383. The Kier molecular flexibility index (Phi) is 4.66. The van der Waals surface area contributed by atoms with Crippen LogP contribution in [0.3, 0.4) is 0 Å². The molecule has 0 aromatic carbocycles. The maximum Gasteiger partial charge on any atom is 0.350 e. The van der Waals surface area contributed by atoms with E-state index < -0.39 is 15.9 Å². The topological polar surface area (TPSA) is 133 Å². The molecule has 10 nitrogen and oxygen atoms in total. The maximum atomic E-state index is 12.3. The minimum Gasteiger partial charge on any atom is -0.364 e. The Labute approximate surface area is 148 Å². The SMILES string of the molecule is Cn1cc(S(=O)(=O)NCCCn2nc3ccccn3c2=O)cc1C(N)=O. The van der Waals surface area contributed by atoms with Crippen LogP contribution in [0.25, 0.3) is 5.65 Å². The molecule has 3 N–H and O–H groups in total. The molecular formula is C15H18N6O4S. The first-order valence-corrected chi connectivity index (χ1v) is 9.28. The third kappa shape index (κ3) is 3.39. The van der Waals surface area contributed by atoms with Gasteiger partial charge in [0.05, 0.1) is 0 Å². The van der Waals surface area contributed by atoms with Crippen molar-refractivity contribution in [3.8, 4) is 0 Å². The molecule has 0 unspecified atom stereocenters. The summed E-state index contributed by atoms with van der Waals surface area (Å²) >= 11 is 0. The number of pyridine rings is 1. The number of aryl methyl sites for hydroxylation is 2. The van der Waals surface area contributed by atoms with Gasteiger partial charge in [-0.15, -0.1) is 5.10 Å². The van der Waals surface area contributed by atoms with Crippen molar-refractivity contribution in [2.75, 3.05) is 6.54 Å².